The fourth-order valence-electron chi connectivity index (χ4n) is 2.21. The molecule has 1 unspecified atom stereocenters. The second-order valence-electron chi connectivity index (χ2n) is 4.65. The smallest absolute Gasteiger partial charge is 0.144 e. The van der Waals surface area contributed by atoms with Crippen LogP contribution in [0.1, 0.15) is 20.3 Å². The second-order valence-corrected chi connectivity index (χ2v) is 4.65. The minimum atomic E-state index is 0.350. The predicted molar refractivity (Wildman–Crippen MR) is 74.3 cm³/mol. The van der Waals surface area contributed by atoms with Gasteiger partial charge in [-0.25, -0.2) is 0 Å². The van der Waals surface area contributed by atoms with E-state index in [0.29, 0.717) is 12.6 Å². The van der Waals surface area contributed by atoms with Crippen LogP contribution in [0.3, 0.4) is 0 Å². The highest BCUT2D eigenvalue weighted by molar-refractivity contribution is 5.74. The van der Waals surface area contributed by atoms with Gasteiger partial charge >= 0.3 is 0 Å². The standard InChI is InChI=1S/C14H22N2O2/c1-3-8-18-13-6-4-5-12(14(13)15)16-7-9-17-10-11(16)2/h4-6,11H,3,7-10,15H2,1-2H3. The van der Waals surface area contributed by atoms with Crippen molar-refractivity contribution in [3.05, 3.63) is 18.2 Å². The van der Waals surface area contributed by atoms with Gasteiger partial charge in [-0.1, -0.05) is 13.0 Å². The highest BCUT2D eigenvalue weighted by Crippen LogP contribution is 2.34. The summed E-state index contributed by atoms with van der Waals surface area (Å²) in [5, 5.41) is 0. The summed E-state index contributed by atoms with van der Waals surface area (Å²) in [4.78, 5) is 2.29. The molecule has 18 heavy (non-hydrogen) atoms. The van der Waals surface area contributed by atoms with Crippen LogP contribution in [0.5, 0.6) is 5.75 Å². The highest BCUT2D eigenvalue weighted by Gasteiger charge is 2.21. The van der Waals surface area contributed by atoms with Crippen LogP contribution in [-0.2, 0) is 4.74 Å². The Labute approximate surface area is 109 Å². The third-order valence-electron chi connectivity index (χ3n) is 3.18. The van der Waals surface area contributed by atoms with E-state index in [0.717, 1.165) is 43.3 Å². The minimum Gasteiger partial charge on any atom is -0.491 e. The van der Waals surface area contributed by atoms with Crippen molar-refractivity contribution in [1.29, 1.82) is 0 Å². The molecular formula is C14H22N2O2. The molecule has 1 fully saturated rings. The molecule has 2 rings (SSSR count). The van der Waals surface area contributed by atoms with Crippen molar-refractivity contribution in [3.8, 4) is 5.75 Å². The third-order valence-corrected chi connectivity index (χ3v) is 3.18. The van der Waals surface area contributed by atoms with E-state index in [-0.39, 0.29) is 0 Å². The van der Waals surface area contributed by atoms with Crippen molar-refractivity contribution >= 4 is 11.4 Å². The Morgan fingerprint density at radius 3 is 3.06 bits per heavy atom. The normalized spacial score (nSPS) is 19.9. The second kappa shape index (κ2) is 5.96. The Hall–Kier alpha value is -1.42. The van der Waals surface area contributed by atoms with Crippen molar-refractivity contribution in [2.45, 2.75) is 26.3 Å². The Bertz CT molecular complexity index is 395. The first-order valence-corrected chi connectivity index (χ1v) is 6.59. The average Bonchev–Trinajstić information content (AvgIpc) is 2.39. The topological polar surface area (TPSA) is 47.7 Å². The molecule has 0 aliphatic carbocycles. The first kappa shape index (κ1) is 13.0. The lowest BCUT2D eigenvalue weighted by atomic mass is 10.1. The number of hydrogen-bond donors (Lipinski definition) is 1. The van der Waals surface area contributed by atoms with Crippen molar-refractivity contribution in [2.24, 2.45) is 0 Å². The summed E-state index contributed by atoms with van der Waals surface area (Å²) in [6.07, 6.45) is 0.984. The van der Waals surface area contributed by atoms with Crippen LogP contribution in [0, 0.1) is 0 Å². The van der Waals surface area contributed by atoms with E-state index in [9.17, 15) is 0 Å². The molecule has 0 bridgehead atoms. The number of benzene rings is 1. The predicted octanol–water partition coefficient (Wildman–Crippen LogP) is 2.28. The van der Waals surface area contributed by atoms with Crippen molar-refractivity contribution in [3.63, 3.8) is 0 Å². The Balaban J connectivity index is 2.21. The first-order chi connectivity index (χ1) is 8.74. The molecular weight excluding hydrogens is 228 g/mol. The van der Waals surface area contributed by atoms with Gasteiger partial charge in [0, 0.05) is 12.6 Å². The number of anilines is 2. The molecule has 1 aliphatic heterocycles. The van der Waals surface area contributed by atoms with Crippen molar-refractivity contribution in [2.75, 3.05) is 37.0 Å². The molecule has 1 aromatic rings. The van der Waals surface area contributed by atoms with Gasteiger partial charge < -0.3 is 20.1 Å². The summed E-state index contributed by atoms with van der Waals surface area (Å²) in [6.45, 7) is 7.32. The lowest BCUT2D eigenvalue weighted by molar-refractivity contribution is 0.0990. The van der Waals surface area contributed by atoms with E-state index in [1.165, 1.54) is 0 Å². The Morgan fingerprint density at radius 1 is 1.50 bits per heavy atom. The van der Waals surface area contributed by atoms with Gasteiger partial charge in [-0.15, -0.1) is 0 Å². The van der Waals surface area contributed by atoms with Crippen LogP contribution in [0.2, 0.25) is 0 Å². The summed E-state index contributed by atoms with van der Waals surface area (Å²) < 4.78 is 11.1. The van der Waals surface area contributed by atoms with Gasteiger partial charge in [0.05, 0.1) is 31.2 Å². The number of morpholine rings is 1. The SMILES string of the molecule is CCCOc1cccc(N2CCOCC2C)c1N. The molecule has 0 amide bonds. The monoisotopic (exact) mass is 250 g/mol. The molecule has 4 nitrogen and oxygen atoms in total. The van der Waals surface area contributed by atoms with Gasteiger partial charge in [0.2, 0.25) is 0 Å². The summed E-state index contributed by atoms with van der Waals surface area (Å²) in [7, 11) is 0. The van der Waals surface area contributed by atoms with Crippen LogP contribution in [0.15, 0.2) is 18.2 Å². The molecule has 0 aromatic heterocycles. The molecule has 0 radical (unpaired) electrons. The van der Waals surface area contributed by atoms with Gasteiger partial charge in [0.1, 0.15) is 5.75 Å². The van der Waals surface area contributed by atoms with Crippen LogP contribution in [0.4, 0.5) is 11.4 Å². The largest absolute Gasteiger partial charge is 0.491 e. The van der Waals surface area contributed by atoms with Crippen LogP contribution < -0.4 is 15.4 Å². The summed E-state index contributed by atoms with van der Waals surface area (Å²) >= 11 is 0. The number of nitrogen functional groups attached to an aromatic ring is 1. The average molecular weight is 250 g/mol. The molecule has 100 valence electrons. The molecule has 2 N–H and O–H groups in total. The number of hydrogen-bond acceptors (Lipinski definition) is 4. The Morgan fingerprint density at radius 2 is 2.33 bits per heavy atom. The van der Waals surface area contributed by atoms with Gasteiger partial charge in [-0.2, -0.15) is 0 Å². The van der Waals surface area contributed by atoms with E-state index in [4.69, 9.17) is 15.2 Å². The Kier molecular flexibility index (Phi) is 4.31. The molecule has 1 atom stereocenters. The lowest BCUT2D eigenvalue weighted by Gasteiger charge is -2.36. The van der Waals surface area contributed by atoms with E-state index in [1.54, 1.807) is 0 Å². The quantitative estimate of drug-likeness (QED) is 0.833. The molecule has 0 saturated carbocycles. The van der Waals surface area contributed by atoms with Gasteiger partial charge in [0.15, 0.2) is 0 Å². The maximum absolute atomic E-state index is 6.21. The fourth-order valence-corrected chi connectivity index (χ4v) is 2.21. The molecule has 0 spiro atoms. The molecule has 1 saturated heterocycles. The lowest BCUT2D eigenvalue weighted by Crippen LogP contribution is -2.44. The van der Waals surface area contributed by atoms with Crippen LogP contribution >= 0.6 is 0 Å². The van der Waals surface area contributed by atoms with Crippen molar-refractivity contribution in [1.82, 2.24) is 0 Å². The molecule has 1 aromatic carbocycles. The van der Waals surface area contributed by atoms with Gasteiger partial charge in [-0.05, 0) is 25.5 Å². The number of rotatable bonds is 4. The van der Waals surface area contributed by atoms with Crippen LogP contribution in [0.25, 0.3) is 0 Å². The summed E-state index contributed by atoms with van der Waals surface area (Å²) in [5.41, 5.74) is 8.00. The summed E-state index contributed by atoms with van der Waals surface area (Å²) in [6, 6.07) is 6.33. The first-order valence-electron chi connectivity index (χ1n) is 6.59. The zero-order chi connectivity index (χ0) is 13.0. The number of nitrogens with two attached hydrogens (primary N) is 1. The van der Waals surface area contributed by atoms with E-state index in [2.05, 4.69) is 24.8 Å². The maximum Gasteiger partial charge on any atom is 0.144 e. The maximum atomic E-state index is 6.21. The summed E-state index contributed by atoms with van der Waals surface area (Å²) in [5.74, 6) is 0.785. The number of para-hydroxylation sites is 1. The number of nitrogens with zero attached hydrogens (tertiary/aromatic N) is 1. The molecule has 4 heteroatoms. The zero-order valence-corrected chi connectivity index (χ0v) is 11.2. The van der Waals surface area contributed by atoms with Gasteiger partial charge in [0.25, 0.3) is 0 Å². The fraction of sp³-hybridized carbons (Fsp3) is 0.571. The van der Waals surface area contributed by atoms with E-state index < -0.39 is 0 Å². The zero-order valence-electron chi connectivity index (χ0n) is 11.2. The van der Waals surface area contributed by atoms with E-state index >= 15 is 0 Å². The van der Waals surface area contributed by atoms with E-state index in [1.807, 2.05) is 12.1 Å². The molecule has 1 heterocycles. The highest BCUT2D eigenvalue weighted by atomic mass is 16.5. The van der Waals surface area contributed by atoms with Gasteiger partial charge in [-0.3, -0.25) is 0 Å². The number of ether oxygens (including phenoxy) is 2. The minimum absolute atomic E-state index is 0.350. The van der Waals surface area contributed by atoms with Crippen LogP contribution in [-0.4, -0.2) is 32.4 Å². The third kappa shape index (κ3) is 2.70. The van der Waals surface area contributed by atoms with Crippen molar-refractivity contribution < 1.29 is 9.47 Å². The molecule has 1 aliphatic rings.